The molecule has 0 spiro atoms. The number of ether oxygens (including phenoxy) is 1. The van der Waals surface area contributed by atoms with Crippen molar-refractivity contribution in [1.29, 1.82) is 5.41 Å². The summed E-state index contributed by atoms with van der Waals surface area (Å²) in [6.07, 6.45) is 2.18. The van der Waals surface area contributed by atoms with Crippen LogP contribution in [0.1, 0.15) is 48.8 Å². The molecule has 0 aliphatic carbocycles. The Morgan fingerprint density at radius 3 is 2.58 bits per heavy atom. The van der Waals surface area contributed by atoms with E-state index >= 15 is 0 Å². The number of imide groups is 1. The molecule has 8 nitrogen and oxygen atoms in total. The highest BCUT2D eigenvalue weighted by Gasteiger charge is 2.37. The van der Waals surface area contributed by atoms with Crippen molar-refractivity contribution in [1.82, 2.24) is 9.80 Å². The van der Waals surface area contributed by atoms with Crippen LogP contribution in [0, 0.1) is 5.41 Å². The number of rotatable bonds is 7. The smallest absolute Gasteiger partial charge is 0.265 e. The van der Waals surface area contributed by atoms with Crippen LogP contribution in [0.4, 0.5) is 5.69 Å². The fraction of sp³-hybridized carbons (Fsp3) is 0.231. The van der Waals surface area contributed by atoms with Crippen molar-refractivity contribution in [3.63, 3.8) is 0 Å². The topological polar surface area (TPSA) is 103 Å². The van der Waals surface area contributed by atoms with E-state index in [1.165, 1.54) is 0 Å². The maximum absolute atomic E-state index is 13.3. The summed E-state index contributed by atoms with van der Waals surface area (Å²) in [6.45, 7) is 1.98. The van der Waals surface area contributed by atoms with Gasteiger partial charge in [-0.25, -0.2) is 0 Å². The Morgan fingerprint density at radius 2 is 1.83 bits per heavy atom. The SMILES string of the molecule is N=C(COc1cccc(CN2C(=O)c3cccc(NC(=O)c4ccc(Cl)s4)c3C2=O)c1)N1CCCC1. The Hall–Kier alpha value is -3.69. The van der Waals surface area contributed by atoms with Crippen molar-refractivity contribution in [2.45, 2.75) is 19.4 Å². The van der Waals surface area contributed by atoms with E-state index in [1.54, 1.807) is 48.5 Å². The molecular formula is C26H23ClN4O4S. The first-order valence-electron chi connectivity index (χ1n) is 11.5. The summed E-state index contributed by atoms with van der Waals surface area (Å²) < 4.78 is 6.28. The van der Waals surface area contributed by atoms with E-state index in [9.17, 15) is 14.4 Å². The van der Waals surface area contributed by atoms with Gasteiger partial charge in [0.25, 0.3) is 17.7 Å². The number of carbonyl (C=O) groups is 3. The molecular weight excluding hydrogens is 500 g/mol. The summed E-state index contributed by atoms with van der Waals surface area (Å²) in [6, 6.07) is 15.2. The summed E-state index contributed by atoms with van der Waals surface area (Å²) in [7, 11) is 0. The van der Waals surface area contributed by atoms with Crippen molar-refractivity contribution in [3.8, 4) is 5.75 Å². The van der Waals surface area contributed by atoms with E-state index in [0.717, 1.165) is 42.2 Å². The number of amides is 3. The van der Waals surface area contributed by atoms with Crippen LogP contribution in [-0.2, 0) is 6.54 Å². The largest absolute Gasteiger partial charge is 0.486 e. The van der Waals surface area contributed by atoms with Gasteiger partial charge in [0, 0.05) is 13.1 Å². The third kappa shape index (κ3) is 4.84. The van der Waals surface area contributed by atoms with E-state index in [0.29, 0.717) is 26.4 Å². The summed E-state index contributed by atoms with van der Waals surface area (Å²) in [5.41, 5.74) is 1.41. The first-order chi connectivity index (χ1) is 17.4. The highest BCUT2D eigenvalue weighted by atomic mass is 35.5. The molecule has 10 heteroatoms. The number of thiophene rings is 1. The molecule has 2 aliphatic heterocycles. The Balaban J connectivity index is 1.29. The number of carbonyl (C=O) groups excluding carboxylic acids is 3. The second-order valence-electron chi connectivity index (χ2n) is 8.56. The molecule has 3 heterocycles. The maximum atomic E-state index is 13.3. The van der Waals surface area contributed by atoms with Crippen LogP contribution in [0.15, 0.2) is 54.6 Å². The van der Waals surface area contributed by atoms with Crippen molar-refractivity contribution in [3.05, 3.63) is 80.5 Å². The van der Waals surface area contributed by atoms with E-state index in [4.69, 9.17) is 21.7 Å². The lowest BCUT2D eigenvalue weighted by Crippen LogP contribution is -2.31. The van der Waals surface area contributed by atoms with Crippen LogP contribution < -0.4 is 10.1 Å². The van der Waals surface area contributed by atoms with E-state index in [2.05, 4.69) is 5.32 Å². The lowest BCUT2D eigenvalue weighted by molar-refractivity contribution is 0.0642. The molecule has 3 amide bonds. The molecule has 0 unspecified atom stereocenters. The molecule has 3 aromatic rings. The number of anilines is 1. The number of amidine groups is 1. The fourth-order valence-corrected chi connectivity index (χ4v) is 5.29. The second-order valence-corrected chi connectivity index (χ2v) is 10.3. The summed E-state index contributed by atoms with van der Waals surface area (Å²) in [5.74, 6) is -0.291. The van der Waals surface area contributed by atoms with Crippen LogP contribution in [-0.4, -0.2) is 53.1 Å². The Morgan fingerprint density at radius 1 is 1.06 bits per heavy atom. The van der Waals surface area contributed by atoms with Crippen LogP contribution in [0.2, 0.25) is 4.34 Å². The number of halogens is 1. The van der Waals surface area contributed by atoms with Gasteiger partial charge < -0.3 is 15.0 Å². The third-order valence-corrected chi connectivity index (χ3v) is 7.38. The first kappa shape index (κ1) is 24.0. The quantitative estimate of drug-likeness (QED) is 0.261. The minimum atomic E-state index is -0.475. The highest BCUT2D eigenvalue weighted by molar-refractivity contribution is 7.18. The fourth-order valence-electron chi connectivity index (χ4n) is 4.35. The molecule has 1 saturated heterocycles. The van der Waals surface area contributed by atoms with Crippen molar-refractivity contribution in [2.75, 3.05) is 25.0 Å². The number of hydrogen-bond acceptors (Lipinski definition) is 6. The molecule has 2 N–H and O–H groups in total. The number of benzene rings is 2. The molecule has 5 rings (SSSR count). The summed E-state index contributed by atoms with van der Waals surface area (Å²) in [4.78, 5) is 42.5. The van der Waals surface area contributed by atoms with Crippen LogP contribution in [0.5, 0.6) is 5.75 Å². The molecule has 2 aromatic carbocycles. The molecule has 2 aliphatic rings. The average Bonchev–Trinajstić information content (AvgIpc) is 3.61. The number of fused-ring (bicyclic) bond motifs is 1. The molecule has 0 atom stereocenters. The van der Waals surface area contributed by atoms with E-state index < -0.39 is 17.7 Å². The molecule has 1 fully saturated rings. The molecule has 1 aromatic heterocycles. The molecule has 0 bridgehead atoms. The van der Waals surface area contributed by atoms with Gasteiger partial charge in [-0.1, -0.05) is 29.8 Å². The summed E-state index contributed by atoms with van der Waals surface area (Å²) >= 11 is 7.06. The van der Waals surface area contributed by atoms with Gasteiger partial charge in [0.05, 0.1) is 32.6 Å². The predicted octanol–water partition coefficient (Wildman–Crippen LogP) is 4.90. The zero-order valence-corrected chi connectivity index (χ0v) is 20.8. The molecule has 0 radical (unpaired) electrons. The molecule has 184 valence electrons. The van der Waals surface area contributed by atoms with Crippen molar-refractivity contribution >= 4 is 52.2 Å². The van der Waals surface area contributed by atoms with Gasteiger partial charge in [-0.3, -0.25) is 24.7 Å². The van der Waals surface area contributed by atoms with Crippen LogP contribution in [0.3, 0.4) is 0 Å². The Bertz CT molecular complexity index is 1370. The highest BCUT2D eigenvalue weighted by Crippen LogP contribution is 2.32. The van der Waals surface area contributed by atoms with Crippen LogP contribution >= 0.6 is 22.9 Å². The lowest BCUT2D eigenvalue weighted by atomic mass is 10.1. The van der Waals surface area contributed by atoms with E-state index in [-0.39, 0.29) is 30.0 Å². The lowest BCUT2D eigenvalue weighted by Gasteiger charge is -2.19. The molecule has 36 heavy (non-hydrogen) atoms. The number of nitrogens with zero attached hydrogens (tertiary/aromatic N) is 2. The Kier molecular flexibility index (Phi) is 6.75. The van der Waals surface area contributed by atoms with Crippen molar-refractivity contribution in [2.24, 2.45) is 0 Å². The van der Waals surface area contributed by atoms with Gasteiger partial charge >= 0.3 is 0 Å². The van der Waals surface area contributed by atoms with E-state index in [1.807, 2.05) is 11.0 Å². The number of likely N-dealkylation sites (tertiary alicyclic amines) is 1. The second kappa shape index (κ2) is 10.1. The minimum absolute atomic E-state index is 0.0566. The monoisotopic (exact) mass is 522 g/mol. The normalized spacial score (nSPS) is 14.8. The van der Waals surface area contributed by atoms with Gasteiger partial charge in [0.2, 0.25) is 0 Å². The zero-order chi connectivity index (χ0) is 25.2. The Labute approximate surface area is 216 Å². The first-order valence-corrected chi connectivity index (χ1v) is 12.7. The minimum Gasteiger partial charge on any atom is -0.486 e. The van der Waals surface area contributed by atoms with Gasteiger partial charge in [-0.05, 0) is 54.8 Å². The van der Waals surface area contributed by atoms with Gasteiger partial charge in [-0.15, -0.1) is 11.3 Å². The number of hydrogen-bond donors (Lipinski definition) is 2. The van der Waals surface area contributed by atoms with Gasteiger partial charge in [0.1, 0.15) is 18.2 Å². The summed E-state index contributed by atoms with van der Waals surface area (Å²) in [5, 5.41) is 10.9. The standard InChI is InChI=1S/C26H23ClN4O4S/c27-21-10-9-20(36-21)24(32)29-19-8-4-7-18-23(19)26(34)31(25(18)33)14-16-5-3-6-17(13-16)35-15-22(28)30-11-1-2-12-30/h3-10,13,28H,1-2,11-12,14-15H2,(H,29,32). The van der Waals surface area contributed by atoms with Crippen LogP contribution in [0.25, 0.3) is 0 Å². The molecule has 0 saturated carbocycles. The van der Waals surface area contributed by atoms with Crippen molar-refractivity contribution < 1.29 is 19.1 Å². The maximum Gasteiger partial charge on any atom is 0.265 e. The zero-order valence-electron chi connectivity index (χ0n) is 19.3. The van der Waals surface area contributed by atoms with Gasteiger partial charge in [0.15, 0.2) is 0 Å². The van der Waals surface area contributed by atoms with Gasteiger partial charge in [-0.2, -0.15) is 0 Å². The number of nitrogens with one attached hydrogen (secondary N) is 2. The predicted molar refractivity (Wildman–Crippen MR) is 138 cm³/mol. The third-order valence-electron chi connectivity index (χ3n) is 6.15. The average molecular weight is 523 g/mol.